The van der Waals surface area contributed by atoms with E-state index in [-0.39, 0.29) is 17.5 Å². The first-order valence-electron chi connectivity index (χ1n) is 7.23. The Morgan fingerprint density at radius 2 is 2.05 bits per heavy atom. The van der Waals surface area contributed by atoms with Crippen LogP contribution >= 0.6 is 0 Å². The second-order valence-corrected chi connectivity index (χ2v) is 8.08. The minimum Gasteiger partial charge on any atom is -0.338 e. The van der Waals surface area contributed by atoms with Gasteiger partial charge in [0.05, 0.1) is 18.1 Å². The second-order valence-electron chi connectivity index (χ2n) is 5.85. The Kier molecular flexibility index (Phi) is 4.01. The molecule has 7 heteroatoms. The molecule has 22 heavy (non-hydrogen) atoms. The van der Waals surface area contributed by atoms with Gasteiger partial charge in [0.1, 0.15) is 0 Å². The third-order valence-electron chi connectivity index (χ3n) is 3.99. The average Bonchev–Trinajstić information content (AvgIpc) is 3.06. The number of hydrogen-bond acceptors (Lipinski definition) is 6. The van der Waals surface area contributed by atoms with E-state index in [4.69, 9.17) is 4.52 Å². The Hall–Kier alpha value is -1.73. The zero-order valence-corrected chi connectivity index (χ0v) is 13.5. The summed E-state index contributed by atoms with van der Waals surface area (Å²) in [6.45, 7) is 2.48. The lowest BCUT2D eigenvalue weighted by Gasteiger charge is -2.20. The molecule has 0 aliphatic carbocycles. The van der Waals surface area contributed by atoms with Gasteiger partial charge in [-0.1, -0.05) is 35.0 Å². The van der Waals surface area contributed by atoms with E-state index in [1.54, 1.807) is 0 Å². The van der Waals surface area contributed by atoms with Gasteiger partial charge in [0.2, 0.25) is 11.7 Å². The lowest BCUT2D eigenvalue weighted by atomic mass is 10.1. The highest BCUT2D eigenvalue weighted by Gasteiger charge is 2.31. The fourth-order valence-electron chi connectivity index (χ4n) is 2.60. The summed E-state index contributed by atoms with van der Waals surface area (Å²) in [5.41, 5.74) is 2.08. The first-order chi connectivity index (χ1) is 10.4. The van der Waals surface area contributed by atoms with E-state index in [0.717, 1.165) is 5.56 Å². The van der Waals surface area contributed by atoms with Crippen molar-refractivity contribution in [2.45, 2.75) is 25.9 Å². The largest absolute Gasteiger partial charge is 0.338 e. The quantitative estimate of drug-likeness (QED) is 0.852. The van der Waals surface area contributed by atoms with Gasteiger partial charge in [0, 0.05) is 11.6 Å². The lowest BCUT2D eigenvalue weighted by Crippen LogP contribution is -2.32. The standard InChI is InChI=1S/C15H19N3O3S/c1-11-3-5-12(6-4-11)15-16-14(21-17-15)9-18(2)13-7-8-22(19,20)10-13/h3-6,13H,7-10H2,1-2H3. The number of hydrogen-bond donors (Lipinski definition) is 0. The minimum absolute atomic E-state index is 0.0275. The van der Waals surface area contributed by atoms with Crippen LogP contribution in [0, 0.1) is 6.92 Å². The molecule has 0 amide bonds. The maximum absolute atomic E-state index is 11.5. The normalized spacial score (nSPS) is 20.6. The summed E-state index contributed by atoms with van der Waals surface area (Å²) in [5, 5.41) is 3.99. The van der Waals surface area contributed by atoms with Gasteiger partial charge in [-0.2, -0.15) is 4.98 Å². The molecule has 0 radical (unpaired) electrons. The first-order valence-corrected chi connectivity index (χ1v) is 9.05. The molecule has 0 spiro atoms. The Labute approximate surface area is 130 Å². The number of aryl methyl sites for hydroxylation is 1. The SMILES string of the molecule is Cc1ccc(-c2noc(CN(C)C3CCS(=O)(=O)C3)n2)cc1. The summed E-state index contributed by atoms with van der Waals surface area (Å²) in [6, 6.07) is 7.94. The zero-order chi connectivity index (χ0) is 15.7. The number of sulfone groups is 1. The number of nitrogens with zero attached hydrogens (tertiary/aromatic N) is 3. The molecule has 1 aliphatic rings. The zero-order valence-electron chi connectivity index (χ0n) is 12.7. The molecule has 1 unspecified atom stereocenters. The van der Waals surface area contributed by atoms with Crippen LogP contribution in [-0.2, 0) is 16.4 Å². The van der Waals surface area contributed by atoms with Crippen LogP contribution in [0.2, 0.25) is 0 Å². The average molecular weight is 321 g/mol. The number of rotatable bonds is 4. The minimum atomic E-state index is -2.88. The van der Waals surface area contributed by atoms with Crippen molar-refractivity contribution < 1.29 is 12.9 Å². The summed E-state index contributed by atoms with van der Waals surface area (Å²) in [5.74, 6) is 1.54. The van der Waals surface area contributed by atoms with Crippen LogP contribution in [0.4, 0.5) is 0 Å². The van der Waals surface area contributed by atoms with Crippen molar-refractivity contribution >= 4 is 9.84 Å². The topological polar surface area (TPSA) is 76.3 Å². The van der Waals surface area contributed by atoms with Crippen molar-refractivity contribution in [2.24, 2.45) is 0 Å². The highest BCUT2D eigenvalue weighted by Crippen LogP contribution is 2.20. The molecule has 0 N–H and O–H groups in total. The number of aromatic nitrogens is 2. The van der Waals surface area contributed by atoms with Gasteiger partial charge in [-0.15, -0.1) is 0 Å². The summed E-state index contributed by atoms with van der Waals surface area (Å²) < 4.78 is 28.4. The summed E-state index contributed by atoms with van der Waals surface area (Å²) in [4.78, 5) is 6.36. The maximum Gasteiger partial charge on any atom is 0.241 e. The van der Waals surface area contributed by atoms with E-state index < -0.39 is 9.84 Å². The highest BCUT2D eigenvalue weighted by molar-refractivity contribution is 7.91. The molecule has 1 fully saturated rings. The monoisotopic (exact) mass is 321 g/mol. The van der Waals surface area contributed by atoms with E-state index in [1.807, 2.05) is 43.1 Å². The molecule has 2 heterocycles. The summed E-state index contributed by atoms with van der Waals surface area (Å²) in [7, 11) is -0.993. The second kappa shape index (κ2) is 5.81. The molecular weight excluding hydrogens is 302 g/mol. The molecular formula is C15H19N3O3S. The van der Waals surface area contributed by atoms with E-state index in [2.05, 4.69) is 10.1 Å². The Morgan fingerprint density at radius 1 is 1.32 bits per heavy atom. The van der Waals surface area contributed by atoms with Crippen molar-refractivity contribution in [3.05, 3.63) is 35.7 Å². The van der Waals surface area contributed by atoms with E-state index in [1.165, 1.54) is 5.56 Å². The van der Waals surface area contributed by atoms with Gasteiger partial charge in [-0.05, 0) is 20.4 Å². The smallest absolute Gasteiger partial charge is 0.241 e. The molecule has 2 aromatic rings. The summed E-state index contributed by atoms with van der Waals surface area (Å²) >= 11 is 0. The molecule has 1 saturated heterocycles. The van der Waals surface area contributed by atoms with Crippen LogP contribution in [0.25, 0.3) is 11.4 Å². The van der Waals surface area contributed by atoms with Crippen LogP contribution in [0.15, 0.2) is 28.8 Å². The molecule has 3 rings (SSSR count). The van der Waals surface area contributed by atoms with Crippen molar-refractivity contribution in [3.63, 3.8) is 0 Å². The van der Waals surface area contributed by atoms with Crippen molar-refractivity contribution in [3.8, 4) is 11.4 Å². The predicted octanol–water partition coefficient (Wildman–Crippen LogP) is 1.66. The van der Waals surface area contributed by atoms with Crippen LogP contribution in [0.1, 0.15) is 17.9 Å². The van der Waals surface area contributed by atoms with Gasteiger partial charge < -0.3 is 4.52 Å². The molecule has 0 saturated carbocycles. The highest BCUT2D eigenvalue weighted by atomic mass is 32.2. The molecule has 6 nitrogen and oxygen atoms in total. The van der Waals surface area contributed by atoms with E-state index in [9.17, 15) is 8.42 Å². The Balaban J connectivity index is 1.68. The van der Waals surface area contributed by atoms with Crippen LogP contribution < -0.4 is 0 Å². The van der Waals surface area contributed by atoms with Gasteiger partial charge >= 0.3 is 0 Å². The third-order valence-corrected chi connectivity index (χ3v) is 5.74. The molecule has 1 aliphatic heterocycles. The van der Waals surface area contributed by atoms with E-state index >= 15 is 0 Å². The van der Waals surface area contributed by atoms with Crippen molar-refractivity contribution in [1.29, 1.82) is 0 Å². The summed E-state index contributed by atoms with van der Waals surface area (Å²) in [6.07, 6.45) is 0.664. The van der Waals surface area contributed by atoms with E-state index in [0.29, 0.717) is 24.7 Å². The van der Waals surface area contributed by atoms with Crippen molar-refractivity contribution in [1.82, 2.24) is 15.0 Å². The Bertz CT molecular complexity index is 753. The predicted molar refractivity (Wildman–Crippen MR) is 83.0 cm³/mol. The van der Waals surface area contributed by atoms with Crippen LogP contribution in [0.5, 0.6) is 0 Å². The fraction of sp³-hybridized carbons (Fsp3) is 0.467. The fourth-order valence-corrected chi connectivity index (χ4v) is 4.41. The molecule has 1 atom stereocenters. The number of benzene rings is 1. The van der Waals surface area contributed by atoms with Gasteiger partial charge in [0.15, 0.2) is 9.84 Å². The molecule has 0 bridgehead atoms. The molecule has 1 aromatic heterocycles. The van der Waals surface area contributed by atoms with Crippen LogP contribution in [0.3, 0.4) is 0 Å². The Morgan fingerprint density at radius 3 is 2.68 bits per heavy atom. The third kappa shape index (κ3) is 3.36. The van der Waals surface area contributed by atoms with Gasteiger partial charge in [0.25, 0.3) is 0 Å². The van der Waals surface area contributed by atoms with Crippen molar-refractivity contribution in [2.75, 3.05) is 18.6 Å². The maximum atomic E-state index is 11.5. The van der Waals surface area contributed by atoms with Gasteiger partial charge in [-0.3, -0.25) is 4.90 Å². The van der Waals surface area contributed by atoms with Gasteiger partial charge in [-0.25, -0.2) is 8.42 Å². The molecule has 118 valence electrons. The molecule has 1 aromatic carbocycles. The first kappa shape index (κ1) is 15.2. The lowest BCUT2D eigenvalue weighted by molar-refractivity contribution is 0.218. The van der Waals surface area contributed by atoms with Crippen LogP contribution in [-0.4, -0.2) is 48.1 Å².